The normalized spacial score (nSPS) is 9.59. The molecule has 0 aliphatic carbocycles. The number of carbonyl (C=O) groups excluding carboxylic acids is 1. The fraction of sp³-hybridized carbons (Fsp3) is 0.0667. The van der Waals surface area contributed by atoms with Gasteiger partial charge in [0.25, 0.3) is 0 Å². The second-order valence-electron chi connectivity index (χ2n) is 4.64. The van der Waals surface area contributed by atoms with E-state index < -0.39 is 44.8 Å². The van der Waals surface area contributed by atoms with Crippen LogP contribution >= 0.6 is 0 Å². The molecular formula is C15H10F2N2O8. The lowest BCUT2D eigenvalue weighted by atomic mass is 10.2. The van der Waals surface area contributed by atoms with Gasteiger partial charge in [-0.3, -0.25) is 20.2 Å². The number of benzene rings is 2. The number of hydrogen-bond acceptors (Lipinski definition) is 7. The molecule has 0 radical (unpaired) electrons. The molecule has 0 bridgehead atoms. The molecule has 0 aromatic heterocycles. The summed E-state index contributed by atoms with van der Waals surface area (Å²) in [7, 11) is 1.14. The van der Waals surface area contributed by atoms with Crippen molar-refractivity contribution in [1.29, 1.82) is 0 Å². The number of nitro benzene ring substituents is 2. The van der Waals surface area contributed by atoms with E-state index in [1.54, 1.807) is 0 Å². The van der Waals surface area contributed by atoms with E-state index in [4.69, 9.17) is 5.11 Å². The van der Waals surface area contributed by atoms with Crippen LogP contribution in [0.4, 0.5) is 20.2 Å². The molecule has 2 rings (SSSR count). The Bertz CT molecular complexity index is 917. The molecule has 12 heteroatoms. The first-order valence-electron chi connectivity index (χ1n) is 6.78. The summed E-state index contributed by atoms with van der Waals surface area (Å²) in [6.07, 6.45) is 0. The molecule has 142 valence electrons. The number of ether oxygens (including phenoxy) is 1. The van der Waals surface area contributed by atoms with Gasteiger partial charge in [0.05, 0.1) is 28.1 Å². The summed E-state index contributed by atoms with van der Waals surface area (Å²) < 4.78 is 29.8. The van der Waals surface area contributed by atoms with Gasteiger partial charge in [0.1, 0.15) is 0 Å². The molecule has 27 heavy (non-hydrogen) atoms. The van der Waals surface area contributed by atoms with Crippen LogP contribution in [-0.4, -0.2) is 34.0 Å². The highest BCUT2D eigenvalue weighted by atomic mass is 19.1. The summed E-state index contributed by atoms with van der Waals surface area (Å²) >= 11 is 0. The third-order valence-corrected chi connectivity index (χ3v) is 2.95. The van der Waals surface area contributed by atoms with Crippen molar-refractivity contribution in [3.05, 3.63) is 79.4 Å². The van der Waals surface area contributed by atoms with E-state index in [1.807, 2.05) is 0 Å². The summed E-state index contributed by atoms with van der Waals surface area (Å²) in [5.74, 6) is -4.10. The van der Waals surface area contributed by atoms with E-state index in [2.05, 4.69) is 4.74 Å². The van der Waals surface area contributed by atoms with E-state index >= 15 is 0 Å². The quantitative estimate of drug-likeness (QED) is 0.480. The first-order chi connectivity index (χ1) is 12.6. The Balaban J connectivity index is 0.000000271. The van der Waals surface area contributed by atoms with Crippen LogP contribution in [0.25, 0.3) is 0 Å². The van der Waals surface area contributed by atoms with Gasteiger partial charge >= 0.3 is 23.3 Å². The van der Waals surface area contributed by atoms with Gasteiger partial charge in [-0.2, -0.15) is 8.78 Å². The molecule has 2 aromatic carbocycles. The molecule has 0 heterocycles. The number of esters is 1. The minimum absolute atomic E-state index is 0.0550. The van der Waals surface area contributed by atoms with Gasteiger partial charge in [-0.1, -0.05) is 0 Å². The maximum atomic E-state index is 12.8. The molecule has 0 aliphatic heterocycles. The van der Waals surface area contributed by atoms with Crippen molar-refractivity contribution in [2.24, 2.45) is 0 Å². The minimum atomic E-state index is -1.33. The fourth-order valence-corrected chi connectivity index (χ4v) is 1.68. The molecular weight excluding hydrogens is 374 g/mol. The number of nitrogens with zero attached hydrogens (tertiary/aromatic N) is 2. The number of hydrogen-bond donors (Lipinski definition) is 1. The minimum Gasteiger partial charge on any atom is -0.478 e. The van der Waals surface area contributed by atoms with Crippen LogP contribution in [0.1, 0.15) is 20.7 Å². The standard InChI is InChI=1S/C8H6FNO4.C7H4FNO4/c1-14-8(11)5-2-3-6(9)7(4-5)10(12)13;8-5-2-1-4(7(10)11)3-6(5)9(12)13/h2-4H,1H3;1-3H,(H,10,11). The second-order valence-corrected chi connectivity index (χ2v) is 4.64. The predicted molar refractivity (Wildman–Crippen MR) is 84.4 cm³/mol. The average molecular weight is 384 g/mol. The van der Waals surface area contributed by atoms with Crippen LogP contribution in [0.2, 0.25) is 0 Å². The van der Waals surface area contributed by atoms with Crippen LogP contribution in [0.15, 0.2) is 36.4 Å². The van der Waals surface area contributed by atoms with Gasteiger partial charge in [-0.05, 0) is 24.3 Å². The van der Waals surface area contributed by atoms with E-state index in [0.29, 0.717) is 6.07 Å². The Morgan fingerprint density at radius 3 is 1.70 bits per heavy atom. The molecule has 0 saturated carbocycles. The van der Waals surface area contributed by atoms with E-state index in [-0.39, 0.29) is 11.1 Å². The molecule has 0 amide bonds. The number of carboxylic acids is 1. The molecule has 10 nitrogen and oxygen atoms in total. The third-order valence-electron chi connectivity index (χ3n) is 2.95. The number of halogens is 2. The van der Waals surface area contributed by atoms with Crippen molar-refractivity contribution in [1.82, 2.24) is 0 Å². The zero-order valence-electron chi connectivity index (χ0n) is 13.4. The number of carbonyl (C=O) groups is 2. The molecule has 0 spiro atoms. The highest BCUT2D eigenvalue weighted by Gasteiger charge is 2.18. The lowest BCUT2D eigenvalue weighted by molar-refractivity contribution is -0.387. The predicted octanol–water partition coefficient (Wildman–Crippen LogP) is 2.95. The maximum absolute atomic E-state index is 12.8. The first-order valence-corrected chi connectivity index (χ1v) is 6.78. The smallest absolute Gasteiger partial charge is 0.338 e. The summed E-state index contributed by atoms with van der Waals surface area (Å²) in [6, 6.07) is 5.20. The average Bonchev–Trinajstić information content (AvgIpc) is 2.61. The van der Waals surface area contributed by atoms with Crippen molar-refractivity contribution in [2.75, 3.05) is 7.11 Å². The van der Waals surface area contributed by atoms with Gasteiger partial charge in [0, 0.05) is 12.1 Å². The largest absolute Gasteiger partial charge is 0.478 e. The van der Waals surface area contributed by atoms with Crippen molar-refractivity contribution < 1.29 is 38.1 Å². The molecule has 0 fully saturated rings. The van der Waals surface area contributed by atoms with Gasteiger partial charge in [-0.25, -0.2) is 9.59 Å². The molecule has 2 aromatic rings. The zero-order chi connectivity index (χ0) is 20.7. The Labute approximate surface area is 148 Å². The molecule has 0 saturated heterocycles. The number of rotatable bonds is 4. The number of carboxylic acid groups (broad SMARTS) is 1. The summed E-state index contributed by atoms with van der Waals surface area (Å²) in [5.41, 5.74) is -1.94. The molecule has 0 aliphatic rings. The zero-order valence-corrected chi connectivity index (χ0v) is 13.4. The topological polar surface area (TPSA) is 150 Å². The summed E-state index contributed by atoms with van der Waals surface area (Å²) in [5, 5.41) is 28.9. The van der Waals surface area contributed by atoms with Crippen LogP contribution < -0.4 is 0 Å². The van der Waals surface area contributed by atoms with Crippen molar-refractivity contribution in [2.45, 2.75) is 0 Å². The van der Waals surface area contributed by atoms with Crippen molar-refractivity contribution in [3.63, 3.8) is 0 Å². The van der Waals surface area contributed by atoms with Gasteiger partial charge in [-0.15, -0.1) is 0 Å². The van der Waals surface area contributed by atoms with Gasteiger partial charge in [0.2, 0.25) is 11.6 Å². The Hall–Kier alpha value is -3.96. The lowest BCUT2D eigenvalue weighted by Gasteiger charge is -1.98. The SMILES string of the molecule is COC(=O)c1ccc(F)c([N+](=O)[O-])c1.O=C(O)c1ccc(F)c([N+](=O)[O-])c1. The third kappa shape index (κ3) is 5.52. The number of methoxy groups -OCH3 is 1. The Morgan fingerprint density at radius 2 is 1.33 bits per heavy atom. The van der Waals surface area contributed by atoms with Crippen molar-refractivity contribution >= 4 is 23.3 Å². The highest BCUT2D eigenvalue weighted by molar-refractivity contribution is 5.90. The van der Waals surface area contributed by atoms with Crippen molar-refractivity contribution in [3.8, 4) is 0 Å². The Kier molecular flexibility index (Phi) is 6.98. The number of nitro groups is 2. The number of aromatic carboxylic acids is 1. The van der Waals surface area contributed by atoms with E-state index in [0.717, 1.165) is 37.4 Å². The Morgan fingerprint density at radius 1 is 0.926 bits per heavy atom. The van der Waals surface area contributed by atoms with Crippen LogP contribution in [-0.2, 0) is 4.74 Å². The first kappa shape index (κ1) is 21.1. The molecule has 0 atom stereocenters. The highest BCUT2D eigenvalue weighted by Crippen LogP contribution is 2.19. The maximum Gasteiger partial charge on any atom is 0.338 e. The molecule has 1 N–H and O–H groups in total. The van der Waals surface area contributed by atoms with Crippen LogP contribution in [0, 0.1) is 31.9 Å². The fourth-order valence-electron chi connectivity index (χ4n) is 1.68. The van der Waals surface area contributed by atoms with Gasteiger partial charge < -0.3 is 9.84 Å². The molecule has 0 unspecified atom stereocenters. The summed E-state index contributed by atoms with van der Waals surface area (Å²) in [6.45, 7) is 0. The van der Waals surface area contributed by atoms with E-state index in [9.17, 15) is 38.6 Å². The van der Waals surface area contributed by atoms with Gasteiger partial charge in [0.15, 0.2) is 0 Å². The van der Waals surface area contributed by atoms with Crippen LogP contribution in [0.5, 0.6) is 0 Å². The van der Waals surface area contributed by atoms with Crippen LogP contribution in [0.3, 0.4) is 0 Å². The second kappa shape index (κ2) is 8.94. The lowest BCUT2D eigenvalue weighted by Crippen LogP contribution is -2.03. The van der Waals surface area contributed by atoms with E-state index in [1.165, 1.54) is 0 Å². The monoisotopic (exact) mass is 384 g/mol. The summed E-state index contributed by atoms with van der Waals surface area (Å²) in [4.78, 5) is 39.9.